The second-order valence-corrected chi connectivity index (χ2v) is 7.43. The normalized spacial score (nSPS) is 21.9. The third-order valence-electron chi connectivity index (χ3n) is 5.29. The molecule has 0 saturated carbocycles. The average Bonchev–Trinajstić information content (AvgIpc) is 3.15. The van der Waals surface area contributed by atoms with E-state index in [-0.39, 0.29) is 17.5 Å². The lowest BCUT2D eigenvalue weighted by atomic mass is 9.89. The monoisotopic (exact) mass is 372 g/mol. The average molecular weight is 373 g/mol. The minimum atomic E-state index is -1.11. The highest BCUT2D eigenvalue weighted by Crippen LogP contribution is 2.33. The molecule has 1 saturated heterocycles. The van der Waals surface area contributed by atoms with Crippen molar-refractivity contribution in [3.63, 3.8) is 0 Å². The largest absolute Gasteiger partial charge is 0.325 e. The van der Waals surface area contributed by atoms with Crippen LogP contribution >= 0.6 is 11.6 Å². The maximum Gasteiger partial charge on any atom is 0.325 e. The lowest BCUT2D eigenvalue weighted by Gasteiger charge is -2.23. The predicted octanol–water partition coefficient (Wildman–Crippen LogP) is 3.94. The van der Waals surface area contributed by atoms with Crippen molar-refractivity contribution in [1.29, 1.82) is 0 Å². The number of urea groups is 1. The van der Waals surface area contributed by atoms with E-state index >= 15 is 0 Å². The number of rotatable bonds is 3. The van der Waals surface area contributed by atoms with Crippen molar-refractivity contribution in [3.8, 4) is 0 Å². The summed E-state index contributed by atoms with van der Waals surface area (Å²) >= 11 is 6.05. The van der Waals surface area contributed by atoms with Gasteiger partial charge in [0.15, 0.2) is 0 Å². The number of halogens is 2. The first kappa shape index (κ1) is 17.0. The number of carbonyl (C=O) groups excluding carboxylic acids is 2. The molecule has 2 aromatic carbocycles. The maximum atomic E-state index is 13.2. The number of amides is 3. The third kappa shape index (κ3) is 2.67. The maximum absolute atomic E-state index is 13.2. The lowest BCUT2D eigenvalue weighted by Crippen LogP contribution is -2.41. The molecule has 134 valence electrons. The van der Waals surface area contributed by atoms with Gasteiger partial charge in [0, 0.05) is 5.02 Å². The number of imide groups is 1. The molecule has 0 bridgehead atoms. The summed E-state index contributed by atoms with van der Waals surface area (Å²) in [4.78, 5) is 26.6. The van der Waals surface area contributed by atoms with Gasteiger partial charge in [0.25, 0.3) is 5.91 Å². The number of carbonyl (C=O) groups is 2. The summed E-state index contributed by atoms with van der Waals surface area (Å²) in [5, 5.41) is 3.00. The topological polar surface area (TPSA) is 49.4 Å². The van der Waals surface area contributed by atoms with E-state index in [9.17, 15) is 14.0 Å². The Hall–Kier alpha value is -2.40. The van der Waals surface area contributed by atoms with Gasteiger partial charge in [-0.3, -0.25) is 9.69 Å². The molecule has 1 unspecified atom stereocenters. The molecule has 6 heteroatoms. The summed E-state index contributed by atoms with van der Waals surface area (Å²) in [7, 11) is 0. The SMILES string of the molecule is CC1(c2ccc3c(c2)CCC3)NC(=O)N(Cc2ccc(F)cc2Cl)C1=O. The van der Waals surface area contributed by atoms with Gasteiger partial charge in [0.2, 0.25) is 0 Å². The number of nitrogens with one attached hydrogen (secondary N) is 1. The molecule has 0 radical (unpaired) electrons. The van der Waals surface area contributed by atoms with Gasteiger partial charge in [-0.05, 0) is 60.6 Å². The summed E-state index contributed by atoms with van der Waals surface area (Å²) in [6.45, 7) is 1.72. The molecule has 0 aromatic heterocycles. The Bertz CT molecular complexity index is 930. The van der Waals surface area contributed by atoms with Gasteiger partial charge < -0.3 is 5.32 Å². The van der Waals surface area contributed by atoms with Crippen molar-refractivity contribution >= 4 is 23.5 Å². The van der Waals surface area contributed by atoms with Crippen molar-refractivity contribution in [1.82, 2.24) is 10.2 Å². The molecule has 1 atom stereocenters. The lowest BCUT2D eigenvalue weighted by molar-refractivity contribution is -0.131. The zero-order chi connectivity index (χ0) is 18.5. The van der Waals surface area contributed by atoms with Crippen LogP contribution in [-0.4, -0.2) is 16.8 Å². The van der Waals surface area contributed by atoms with E-state index in [0.29, 0.717) is 5.56 Å². The van der Waals surface area contributed by atoms with E-state index in [2.05, 4.69) is 5.32 Å². The number of fused-ring (bicyclic) bond motifs is 1. The fourth-order valence-electron chi connectivity index (χ4n) is 3.74. The van der Waals surface area contributed by atoms with Crippen molar-refractivity contribution in [2.75, 3.05) is 0 Å². The summed E-state index contributed by atoms with van der Waals surface area (Å²) < 4.78 is 13.2. The van der Waals surface area contributed by atoms with Crippen LogP contribution in [0.2, 0.25) is 5.02 Å². The van der Waals surface area contributed by atoms with Crippen LogP contribution in [0.15, 0.2) is 36.4 Å². The first-order valence-electron chi connectivity index (χ1n) is 8.59. The number of hydrogen-bond donors (Lipinski definition) is 1. The van der Waals surface area contributed by atoms with Gasteiger partial charge in [-0.15, -0.1) is 0 Å². The van der Waals surface area contributed by atoms with Crippen LogP contribution in [0.4, 0.5) is 9.18 Å². The number of aryl methyl sites for hydroxylation is 2. The Labute approximate surface area is 155 Å². The van der Waals surface area contributed by atoms with Crippen molar-refractivity contribution < 1.29 is 14.0 Å². The quantitative estimate of drug-likeness (QED) is 0.830. The van der Waals surface area contributed by atoms with Crippen LogP contribution in [0.1, 0.15) is 35.6 Å². The smallest absolute Gasteiger partial charge is 0.319 e. The summed E-state index contributed by atoms with van der Waals surface area (Å²) in [5.74, 6) is -0.792. The van der Waals surface area contributed by atoms with E-state index in [1.165, 1.54) is 29.3 Å². The fraction of sp³-hybridized carbons (Fsp3) is 0.300. The standard InChI is InChI=1S/C20H18ClFN2O2/c1-20(15-7-5-12-3-2-4-13(12)9-15)18(25)24(19(26)23-20)11-14-6-8-16(22)10-17(14)21/h5-10H,2-4,11H2,1H3,(H,23,26). The Morgan fingerprint density at radius 1 is 1.15 bits per heavy atom. The van der Waals surface area contributed by atoms with Crippen molar-refractivity contribution in [3.05, 3.63) is 69.5 Å². The Morgan fingerprint density at radius 2 is 1.92 bits per heavy atom. The first-order valence-corrected chi connectivity index (χ1v) is 8.96. The van der Waals surface area contributed by atoms with E-state index in [1.54, 1.807) is 6.92 Å². The highest BCUT2D eigenvalue weighted by molar-refractivity contribution is 6.31. The number of benzene rings is 2. The van der Waals surface area contributed by atoms with Gasteiger partial charge in [-0.25, -0.2) is 9.18 Å². The highest BCUT2D eigenvalue weighted by Gasteiger charge is 2.49. The molecule has 1 heterocycles. The minimum Gasteiger partial charge on any atom is -0.319 e. The second-order valence-electron chi connectivity index (χ2n) is 7.02. The van der Waals surface area contributed by atoms with Gasteiger partial charge in [-0.2, -0.15) is 0 Å². The van der Waals surface area contributed by atoms with E-state index in [1.807, 2.05) is 18.2 Å². The molecule has 26 heavy (non-hydrogen) atoms. The summed E-state index contributed by atoms with van der Waals surface area (Å²) in [6.07, 6.45) is 3.17. The zero-order valence-electron chi connectivity index (χ0n) is 14.3. The Balaban J connectivity index is 1.64. The van der Waals surface area contributed by atoms with Crippen LogP contribution in [0.25, 0.3) is 0 Å². The summed E-state index contributed by atoms with van der Waals surface area (Å²) in [6, 6.07) is 9.43. The molecule has 1 N–H and O–H groups in total. The van der Waals surface area contributed by atoms with Crippen molar-refractivity contribution in [2.24, 2.45) is 0 Å². The molecule has 3 amide bonds. The number of nitrogens with zero attached hydrogens (tertiary/aromatic N) is 1. The van der Waals surface area contributed by atoms with E-state index < -0.39 is 17.4 Å². The second kappa shape index (κ2) is 6.09. The fourth-order valence-corrected chi connectivity index (χ4v) is 3.97. The Kier molecular flexibility index (Phi) is 3.99. The van der Waals surface area contributed by atoms with Crippen LogP contribution in [0, 0.1) is 5.82 Å². The van der Waals surface area contributed by atoms with E-state index in [4.69, 9.17) is 11.6 Å². The van der Waals surface area contributed by atoms with Gasteiger partial charge in [0.05, 0.1) is 6.54 Å². The molecule has 2 aliphatic rings. The Morgan fingerprint density at radius 3 is 2.69 bits per heavy atom. The van der Waals surface area contributed by atoms with Gasteiger partial charge in [-0.1, -0.05) is 35.9 Å². The molecule has 1 aliphatic heterocycles. The van der Waals surface area contributed by atoms with Gasteiger partial charge in [0.1, 0.15) is 11.4 Å². The zero-order valence-corrected chi connectivity index (χ0v) is 15.1. The number of hydrogen-bond acceptors (Lipinski definition) is 2. The predicted molar refractivity (Wildman–Crippen MR) is 96.3 cm³/mol. The van der Waals surface area contributed by atoms with Crippen molar-refractivity contribution in [2.45, 2.75) is 38.3 Å². The highest BCUT2D eigenvalue weighted by atomic mass is 35.5. The summed E-state index contributed by atoms with van der Waals surface area (Å²) in [5.41, 5.74) is 2.75. The minimum absolute atomic E-state index is 0.00428. The molecular weight excluding hydrogens is 355 g/mol. The van der Waals surface area contributed by atoms with Crippen LogP contribution < -0.4 is 5.32 Å². The molecule has 1 fully saturated rings. The van der Waals surface area contributed by atoms with Crippen LogP contribution in [0.3, 0.4) is 0 Å². The van der Waals surface area contributed by atoms with E-state index in [0.717, 1.165) is 29.7 Å². The van der Waals surface area contributed by atoms with Crippen LogP contribution in [-0.2, 0) is 29.7 Å². The molecule has 1 aliphatic carbocycles. The molecular formula is C20H18ClFN2O2. The van der Waals surface area contributed by atoms with Crippen LogP contribution in [0.5, 0.6) is 0 Å². The molecule has 4 rings (SSSR count). The third-order valence-corrected chi connectivity index (χ3v) is 5.65. The first-order chi connectivity index (χ1) is 12.4. The molecule has 4 nitrogen and oxygen atoms in total. The van der Waals surface area contributed by atoms with Gasteiger partial charge >= 0.3 is 6.03 Å². The molecule has 2 aromatic rings. The molecule has 0 spiro atoms.